The molecule has 6 nitrogen and oxygen atoms in total. The van der Waals surface area contributed by atoms with E-state index in [1.165, 1.54) is 0 Å². The molecule has 7 heteroatoms. The number of nitrogens with one attached hydrogen (secondary N) is 2. The van der Waals surface area contributed by atoms with Crippen molar-refractivity contribution in [2.45, 2.75) is 26.4 Å². The van der Waals surface area contributed by atoms with Gasteiger partial charge in [0.15, 0.2) is 0 Å². The molecule has 0 aliphatic carbocycles. The lowest BCUT2D eigenvalue weighted by atomic mass is 10.1. The molecule has 2 N–H and O–H groups in total. The summed E-state index contributed by atoms with van der Waals surface area (Å²) in [5.74, 6) is 0.901. The van der Waals surface area contributed by atoms with Crippen molar-refractivity contribution >= 4 is 34.9 Å². The minimum Gasteiger partial charge on any atom is -0.489 e. The summed E-state index contributed by atoms with van der Waals surface area (Å²) >= 11 is 0. The number of rotatable bonds is 8. The van der Waals surface area contributed by atoms with Crippen LogP contribution < -0.4 is 15.4 Å². The second-order valence-corrected chi connectivity index (χ2v) is 12.8. The number of aromatic nitrogens is 2. The number of anilines is 2. The Kier molecular flexibility index (Phi) is 6.68. The van der Waals surface area contributed by atoms with Crippen LogP contribution in [0.2, 0.25) is 0 Å². The minimum absolute atomic E-state index is 0.260. The van der Waals surface area contributed by atoms with Gasteiger partial charge in [0.25, 0.3) is 0 Å². The molecule has 182 valence electrons. The highest BCUT2D eigenvalue weighted by atomic mass is 31.2. The standard InChI is InChI=1S/C28H33N4O2P/c1-4-35(33,5-2)27-9-7-6-8-25(27)30-24-14-16-29-28-23(24)18-26(31-28)20-10-12-21(13-11-20)34-22-15-17-32(3)19-22/h6-14,16,18,22H,4-5,15,17,19H2,1-3H3,(H2,29,30,31). The van der Waals surface area contributed by atoms with Gasteiger partial charge in [-0.2, -0.15) is 0 Å². The number of nitrogens with zero attached hydrogens (tertiary/aromatic N) is 2. The van der Waals surface area contributed by atoms with Gasteiger partial charge in [0, 0.05) is 53.7 Å². The van der Waals surface area contributed by atoms with Crippen LogP contribution in [-0.2, 0) is 4.57 Å². The summed E-state index contributed by atoms with van der Waals surface area (Å²) in [6.07, 6.45) is 4.42. The topological polar surface area (TPSA) is 70.2 Å². The Labute approximate surface area is 207 Å². The molecule has 35 heavy (non-hydrogen) atoms. The van der Waals surface area contributed by atoms with Gasteiger partial charge < -0.3 is 24.5 Å². The number of ether oxygens (including phenoxy) is 1. The van der Waals surface area contributed by atoms with Crippen molar-refractivity contribution in [1.29, 1.82) is 0 Å². The number of likely N-dealkylation sites (tertiary alicyclic amines) is 1. The predicted molar refractivity (Wildman–Crippen MR) is 146 cm³/mol. The number of H-pyrrole nitrogens is 1. The molecule has 1 saturated heterocycles. The second-order valence-electron chi connectivity index (χ2n) is 9.28. The molecule has 0 amide bonds. The normalized spacial score (nSPS) is 16.6. The number of aromatic amines is 1. The van der Waals surface area contributed by atoms with Gasteiger partial charge in [-0.25, -0.2) is 4.98 Å². The van der Waals surface area contributed by atoms with E-state index in [0.29, 0.717) is 12.3 Å². The first-order valence-corrected chi connectivity index (χ1v) is 14.4. The Morgan fingerprint density at radius 1 is 1.09 bits per heavy atom. The fraction of sp³-hybridized carbons (Fsp3) is 0.321. The fourth-order valence-corrected chi connectivity index (χ4v) is 6.89. The maximum atomic E-state index is 13.5. The van der Waals surface area contributed by atoms with Gasteiger partial charge in [0.05, 0.1) is 5.69 Å². The van der Waals surface area contributed by atoms with Gasteiger partial charge in [0.1, 0.15) is 24.6 Å². The molecule has 4 aromatic rings. The summed E-state index contributed by atoms with van der Waals surface area (Å²) < 4.78 is 19.6. The van der Waals surface area contributed by atoms with Crippen LogP contribution in [0.3, 0.4) is 0 Å². The smallest absolute Gasteiger partial charge is 0.139 e. The maximum absolute atomic E-state index is 13.5. The first-order chi connectivity index (χ1) is 17.0. The summed E-state index contributed by atoms with van der Waals surface area (Å²) in [6, 6.07) is 20.3. The molecule has 1 unspecified atom stereocenters. The second kappa shape index (κ2) is 9.88. The van der Waals surface area contributed by atoms with Crippen molar-refractivity contribution in [3.05, 3.63) is 66.9 Å². The quantitative estimate of drug-likeness (QED) is 0.294. The third-order valence-corrected chi connectivity index (χ3v) is 10.3. The third kappa shape index (κ3) is 4.86. The first-order valence-electron chi connectivity index (χ1n) is 12.4. The Morgan fingerprint density at radius 2 is 1.86 bits per heavy atom. The molecule has 0 radical (unpaired) electrons. The van der Waals surface area contributed by atoms with E-state index in [9.17, 15) is 4.57 Å². The van der Waals surface area contributed by atoms with E-state index >= 15 is 0 Å². The van der Waals surface area contributed by atoms with Gasteiger partial charge in [-0.1, -0.05) is 26.0 Å². The van der Waals surface area contributed by atoms with E-state index in [2.05, 4.69) is 45.4 Å². The number of likely N-dealkylation sites (N-methyl/N-ethyl adjacent to an activating group) is 1. The van der Waals surface area contributed by atoms with E-state index in [1.807, 2.05) is 56.3 Å². The largest absolute Gasteiger partial charge is 0.489 e. The molecule has 2 aromatic heterocycles. The molecule has 1 aliphatic rings. The maximum Gasteiger partial charge on any atom is 0.139 e. The van der Waals surface area contributed by atoms with Crippen LogP contribution in [0.4, 0.5) is 11.4 Å². The van der Waals surface area contributed by atoms with Gasteiger partial charge >= 0.3 is 0 Å². The zero-order chi connectivity index (χ0) is 24.4. The number of hydrogen-bond acceptors (Lipinski definition) is 5. The lowest BCUT2D eigenvalue weighted by Gasteiger charge is -2.19. The average molecular weight is 489 g/mol. The lowest BCUT2D eigenvalue weighted by molar-refractivity contribution is 0.208. The van der Waals surface area contributed by atoms with Gasteiger partial charge in [-0.15, -0.1) is 0 Å². The molecule has 3 heterocycles. The summed E-state index contributed by atoms with van der Waals surface area (Å²) in [5, 5.41) is 5.46. The fourth-order valence-electron chi connectivity index (χ4n) is 4.83. The van der Waals surface area contributed by atoms with Crippen molar-refractivity contribution < 1.29 is 9.30 Å². The molecular formula is C28H33N4O2P. The van der Waals surface area contributed by atoms with Gasteiger partial charge in [-0.05, 0) is 67.6 Å². The molecule has 0 bridgehead atoms. The van der Waals surface area contributed by atoms with Gasteiger partial charge in [0.2, 0.25) is 0 Å². The molecule has 5 rings (SSSR count). The number of benzene rings is 2. The SMILES string of the molecule is CCP(=O)(CC)c1ccccc1Nc1ccnc2[nH]c(-c3ccc(OC4CCN(C)C4)cc3)cc12. The van der Waals surface area contributed by atoms with Crippen molar-refractivity contribution in [3.63, 3.8) is 0 Å². The Hall–Kier alpha value is -3.08. The Balaban J connectivity index is 1.41. The Bertz CT molecular complexity index is 1360. The zero-order valence-electron chi connectivity index (χ0n) is 20.6. The Morgan fingerprint density at radius 3 is 2.57 bits per heavy atom. The van der Waals surface area contributed by atoms with Crippen molar-refractivity contribution in [3.8, 4) is 17.0 Å². The third-order valence-electron chi connectivity index (χ3n) is 6.98. The number of para-hydroxylation sites is 1. The van der Waals surface area contributed by atoms with Crippen LogP contribution in [0.1, 0.15) is 20.3 Å². The van der Waals surface area contributed by atoms with E-state index < -0.39 is 7.14 Å². The molecule has 2 aromatic carbocycles. The molecule has 1 atom stereocenters. The number of hydrogen-bond donors (Lipinski definition) is 2. The highest BCUT2D eigenvalue weighted by Crippen LogP contribution is 2.46. The van der Waals surface area contributed by atoms with Crippen molar-refractivity contribution in [2.75, 3.05) is 37.8 Å². The van der Waals surface area contributed by atoms with E-state index in [0.717, 1.165) is 64.2 Å². The van der Waals surface area contributed by atoms with Crippen molar-refractivity contribution in [2.24, 2.45) is 0 Å². The first kappa shape index (κ1) is 23.7. The summed E-state index contributed by atoms with van der Waals surface area (Å²) in [5.41, 5.74) is 4.72. The van der Waals surface area contributed by atoms with Crippen LogP contribution in [0.5, 0.6) is 5.75 Å². The zero-order valence-corrected chi connectivity index (χ0v) is 21.5. The summed E-state index contributed by atoms with van der Waals surface area (Å²) in [4.78, 5) is 10.3. The minimum atomic E-state index is -2.43. The summed E-state index contributed by atoms with van der Waals surface area (Å²) in [6.45, 7) is 6.07. The lowest BCUT2D eigenvalue weighted by Crippen LogP contribution is -2.21. The van der Waals surface area contributed by atoms with Crippen LogP contribution in [0, 0.1) is 0 Å². The molecule has 0 saturated carbocycles. The van der Waals surface area contributed by atoms with Crippen LogP contribution in [0.25, 0.3) is 22.3 Å². The van der Waals surface area contributed by atoms with Crippen molar-refractivity contribution in [1.82, 2.24) is 14.9 Å². The van der Waals surface area contributed by atoms with E-state index in [4.69, 9.17) is 4.74 Å². The van der Waals surface area contributed by atoms with E-state index in [1.54, 1.807) is 6.20 Å². The highest BCUT2D eigenvalue weighted by Gasteiger charge is 2.24. The predicted octanol–water partition coefficient (Wildman–Crippen LogP) is 6.08. The molecular weight excluding hydrogens is 455 g/mol. The van der Waals surface area contributed by atoms with Crippen LogP contribution in [0.15, 0.2) is 66.9 Å². The summed E-state index contributed by atoms with van der Waals surface area (Å²) in [7, 11) is -0.302. The highest BCUT2D eigenvalue weighted by molar-refractivity contribution is 7.71. The molecule has 1 aliphatic heterocycles. The number of pyridine rings is 1. The van der Waals surface area contributed by atoms with Crippen LogP contribution >= 0.6 is 7.14 Å². The number of fused-ring (bicyclic) bond motifs is 1. The molecule has 1 fully saturated rings. The average Bonchev–Trinajstić information content (AvgIpc) is 3.51. The van der Waals surface area contributed by atoms with Gasteiger partial charge in [-0.3, -0.25) is 0 Å². The monoisotopic (exact) mass is 488 g/mol. The van der Waals surface area contributed by atoms with Crippen LogP contribution in [-0.4, -0.2) is 53.4 Å². The van der Waals surface area contributed by atoms with E-state index in [-0.39, 0.29) is 6.10 Å². The molecule has 0 spiro atoms.